The van der Waals surface area contributed by atoms with E-state index in [0.29, 0.717) is 29.4 Å². The summed E-state index contributed by atoms with van der Waals surface area (Å²) in [7, 11) is 4.78. The normalized spacial score (nSPS) is 10.2. The summed E-state index contributed by atoms with van der Waals surface area (Å²) in [6.07, 6.45) is 1.59. The van der Waals surface area contributed by atoms with E-state index in [4.69, 9.17) is 14.2 Å². The molecule has 0 aliphatic rings. The molecule has 1 heterocycles. The molecule has 0 fully saturated rings. The van der Waals surface area contributed by atoms with Gasteiger partial charge in [-0.25, -0.2) is 4.98 Å². The fraction of sp³-hybridized carbons (Fsp3) is 0.182. The lowest BCUT2D eigenvalue weighted by Gasteiger charge is -2.11. The number of nitrogens with one attached hydrogen (secondary N) is 2. The van der Waals surface area contributed by atoms with Crippen LogP contribution in [0.1, 0.15) is 15.9 Å². The summed E-state index contributed by atoms with van der Waals surface area (Å²) < 4.78 is 15.7. The van der Waals surface area contributed by atoms with Crippen LogP contribution in [-0.2, 0) is 6.54 Å². The molecule has 7 nitrogen and oxygen atoms in total. The smallest absolute Gasteiger partial charge is 0.251 e. The van der Waals surface area contributed by atoms with Gasteiger partial charge in [0.25, 0.3) is 5.91 Å². The average Bonchev–Trinajstić information content (AvgIpc) is 2.77. The van der Waals surface area contributed by atoms with Gasteiger partial charge in [0.1, 0.15) is 11.6 Å². The molecule has 7 heteroatoms. The maximum atomic E-state index is 12.5. The van der Waals surface area contributed by atoms with Crippen molar-refractivity contribution >= 4 is 17.4 Å². The summed E-state index contributed by atoms with van der Waals surface area (Å²) in [5.41, 5.74) is 2.26. The lowest BCUT2D eigenvalue weighted by Crippen LogP contribution is -2.22. The Morgan fingerprint density at radius 3 is 2.34 bits per heavy atom. The number of benzene rings is 2. The van der Waals surface area contributed by atoms with Crippen molar-refractivity contribution in [2.24, 2.45) is 0 Å². The van der Waals surface area contributed by atoms with E-state index >= 15 is 0 Å². The number of carbonyl (C=O) groups is 1. The van der Waals surface area contributed by atoms with Gasteiger partial charge in [-0.15, -0.1) is 0 Å². The molecule has 3 aromatic rings. The summed E-state index contributed by atoms with van der Waals surface area (Å²) in [6, 6.07) is 16.4. The summed E-state index contributed by atoms with van der Waals surface area (Å²) >= 11 is 0. The molecule has 2 aromatic carbocycles. The van der Waals surface area contributed by atoms with E-state index < -0.39 is 0 Å². The number of pyridine rings is 1. The van der Waals surface area contributed by atoms with Crippen molar-refractivity contribution in [2.75, 3.05) is 26.6 Å². The highest BCUT2D eigenvalue weighted by Crippen LogP contribution is 2.30. The number of hydrogen-bond donors (Lipinski definition) is 2. The average molecular weight is 393 g/mol. The Labute approximate surface area is 169 Å². The molecule has 1 amide bonds. The van der Waals surface area contributed by atoms with E-state index in [-0.39, 0.29) is 5.91 Å². The summed E-state index contributed by atoms with van der Waals surface area (Å²) in [5, 5.41) is 6.08. The molecule has 2 N–H and O–H groups in total. The number of amides is 1. The van der Waals surface area contributed by atoms with E-state index in [0.717, 1.165) is 17.0 Å². The van der Waals surface area contributed by atoms with Crippen LogP contribution < -0.4 is 24.8 Å². The van der Waals surface area contributed by atoms with E-state index in [2.05, 4.69) is 15.6 Å². The highest BCUT2D eigenvalue weighted by molar-refractivity contribution is 5.94. The number of nitrogens with zero attached hydrogens (tertiary/aromatic N) is 1. The van der Waals surface area contributed by atoms with Crippen LogP contribution in [0.3, 0.4) is 0 Å². The second kappa shape index (κ2) is 9.45. The molecule has 0 saturated heterocycles. The van der Waals surface area contributed by atoms with Crippen LogP contribution in [0.5, 0.6) is 17.2 Å². The van der Waals surface area contributed by atoms with Crippen molar-refractivity contribution in [1.82, 2.24) is 10.3 Å². The van der Waals surface area contributed by atoms with Gasteiger partial charge in [-0.05, 0) is 42.0 Å². The molecule has 0 aliphatic carbocycles. The third kappa shape index (κ3) is 5.16. The Kier molecular flexibility index (Phi) is 6.52. The minimum atomic E-state index is -0.182. The Bertz CT molecular complexity index is 974. The Hall–Kier alpha value is -3.74. The first-order valence-corrected chi connectivity index (χ1v) is 8.99. The fourth-order valence-electron chi connectivity index (χ4n) is 2.73. The minimum absolute atomic E-state index is 0.182. The molecule has 150 valence electrons. The van der Waals surface area contributed by atoms with Gasteiger partial charge in [0.05, 0.1) is 21.3 Å². The number of ether oxygens (including phenoxy) is 3. The second-order valence-electron chi connectivity index (χ2n) is 6.16. The first-order chi connectivity index (χ1) is 14.1. The van der Waals surface area contributed by atoms with Gasteiger partial charge in [-0.3, -0.25) is 4.79 Å². The van der Waals surface area contributed by atoms with Crippen molar-refractivity contribution in [1.29, 1.82) is 0 Å². The molecular weight excluding hydrogens is 370 g/mol. The van der Waals surface area contributed by atoms with Crippen LogP contribution in [0.4, 0.5) is 11.5 Å². The Balaban J connectivity index is 1.66. The largest absolute Gasteiger partial charge is 0.497 e. The molecular formula is C22H23N3O4. The zero-order valence-corrected chi connectivity index (χ0v) is 16.6. The summed E-state index contributed by atoms with van der Waals surface area (Å²) in [4.78, 5) is 16.8. The van der Waals surface area contributed by atoms with E-state index in [1.165, 1.54) is 0 Å². The molecule has 0 atom stereocenters. The van der Waals surface area contributed by atoms with Gasteiger partial charge in [-0.2, -0.15) is 0 Å². The zero-order chi connectivity index (χ0) is 20.6. The highest BCUT2D eigenvalue weighted by atomic mass is 16.5. The Morgan fingerprint density at radius 2 is 1.66 bits per heavy atom. The quantitative estimate of drug-likeness (QED) is 0.606. The Morgan fingerprint density at radius 1 is 0.897 bits per heavy atom. The van der Waals surface area contributed by atoms with Gasteiger partial charge in [0.15, 0.2) is 11.5 Å². The van der Waals surface area contributed by atoms with Gasteiger partial charge in [0.2, 0.25) is 0 Å². The molecule has 1 aromatic heterocycles. The van der Waals surface area contributed by atoms with E-state index in [9.17, 15) is 4.79 Å². The lowest BCUT2D eigenvalue weighted by atomic mass is 10.2. The van der Waals surface area contributed by atoms with Crippen LogP contribution in [-0.4, -0.2) is 32.2 Å². The second-order valence-corrected chi connectivity index (χ2v) is 6.16. The zero-order valence-electron chi connectivity index (χ0n) is 16.6. The van der Waals surface area contributed by atoms with Crippen molar-refractivity contribution < 1.29 is 19.0 Å². The molecule has 0 bridgehead atoms. The molecule has 0 radical (unpaired) electrons. The third-order valence-corrected chi connectivity index (χ3v) is 4.29. The van der Waals surface area contributed by atoms with E-state index in [1.807, 2.05) is 30.3 Å². The molecule has 0 saturated carbocycles. The van der Waals surface area contributed by atoms with Crippen LogP contribution in [0.15, 0.2) is 60.8 Å². The number of carbonyl (C=O) groups excluding carboxylic acids is 1. The van der Waals surface area contributed by atoms with Gasteiger partial charge >= 0.3 is 0 Å². The van der Waals surface area contributed by atoms with Crippen molar-refractivity contribution in [2.45, 2.75) is 6.54 Å². The van der Waals surface area contributed by atoms with E-state index in [1.54, 1.807) is 51.8 Å². The predicted molar refractivity (Wildman–Crippen MR) is 111 cm³/mol. The number of anilines is 2. The first kappa shape index (κ1) is 20.0. The van der Waals surface area contributed by atoms with Crippen molar-refractivity contribution in [3.8, 4) is 17.2 Å². The number of aromatic nitrogens is 1. The lowest BCUT2D eigenvalue weighted by molar-refractivity contribution is 0.0951. The third-order valence-electron chi connectivity index (χ3n) is 4.29. The maximum Gasteiger partial charge on any atom is 0.251 e. The van der Waals surface area contributed by atoms with Crippen molar-refractivity contribution in [3.63, 3.8) is 0 Å². The van der Waals surface area contributed by atoms with Gasteiger partial charge < -0.3 is 24.8 Å². The molecule has 29 heavy (non-hydrogen) atoms. The minimum Gasteiger partial charge on any atom is -0.497 e. The maximum absolute atomic E-state index is 12.5. The molecule has 0 unspecified atom stereocenters. The summed E-state index contributed by atoms with van der Waals surface area (Å²) in [6.45, 7) is 0.420. The van der Waals surface area contributed by atoms with Gasteiger partial charge in [-0.1, -0.05) is 12.1 Å². The first-order valence-electron chi connectivity index (χ1n) is 8.99. The standard InChI is InChI=1S/C22H23N3O4/c1-27-18-7-4-15(5-8-18)14-24-22(26)16-10-11-23-21(12-16)25-17-6-9-19(28-2)20(13-17)29-3/h4-13H,14H2,1-3H3,(H,23,25)(H,24,26). The molecule has 0 aliphatic heterocycles. The number of hydrogen-bond acceptors (Lipinski definition) is 6. The molecule has 0 spiro atoms. The number of methoxy groups -OCH3 is 3. The SMILES string of the molecule is COc1ccc(CNC(=O)c2ccnc(Nc3ccc(OC)c(OC)c3)c2)cc1. The van der Waals surface area contributed by atoms with Gasteiger partial charge in [0, 0.05) is 30.1 Å². The number of rotatable bonds is 8. The van der Waals surface area contributed by atoms with Crippen molar-refractivity contribution in [3.05, 3.63) is 71.9 Å². The van der Waals surface area contributed by atoms with Crippen LogP contribution in [0.25, 0.3) is 0 Å². The monoisotopic (exact) mass is 393 g/mol. The predicted octanol–water partition coefficient (Wildman–Crippen LogP) is 3.78. The topological polar surface area (TPSA) is 81.7 Å². The van der Waals surface area contributed by atoms with Crippen LogP contribution in [0, 0.1) is 0 Å². The van der Waals surface area contributed by atoms with Crippen LogP contribution in [0.2, 0.25) is 0 Å². The summed E-state index contributed by atoms with van der Waals surface area (Å²) in [5.74, 6) is 2.39. The van der Waals surface area contributed by atoms with Crippen LogP contribution >= 0.6 is 0 Å². The molecule has 3 rings (SSSR count). The highest BCUT2D eigenvalue weighted by Gasteiger charge is 2.09. The fourth-order valence-corrected chi connectivity index (χ4v) is 2.73.